The largest absolute Gasteiger partial charge is 0.462 e. The number of benzene rings is 1. The van der Waals surface area contributed by atoms with Crippen LogP contribution in [0.15, 0.2) is 51.7 Å². The summed E-state index contributed by atoms with van der Waals surface area (Å²) in [5.74, 6) is -1.05. The second-order valence-corrected chi connectivity index (χ2v) is 17.3. The Labute approximate surface area is 335 Å². The molecule has 0 bridgehead atoms. The molecule has 6 aliphatic rings. The standard InChI is InChI=1S/C43H59N5O9/c1-7-55-40(53)38(27-8-10-28(11-9-27)47(5)6)32-20-29(39(52)57-32)30(46-26(2)31(50)22-37-44-14-15-45-37)21-34-41(3)13-12-36(51)42(4,24-49)33(41)23-35(43(34)25-56-43)48-16-18-54-19-17-48/h8-11,14,20,26,30,33-36,46,49,51H,7,12-13,15-19,21-25H2,1-6H3/b38-32-/t26?,30?,33?,34?,35?,36-,41+,42+,43?/m1/s1. The summed E-state index contributed by atoms with van der Waals surface area (Å²) in [4.78, 5) is 54.6. The van der Waals surface area contributed by atoms with E-state index in [1.165, 1.54) is 0 Å². The van der Waals surface area contributed by atoms with Gasteiger partial charge in [-0.05, 0) is 80.6 Å². The molecule has 14 nitrogen and oxygen atoms in total. The molecule has 57 heavy (non-hydrogen) atoms. The smallest absolute Gasteiger partial charge is 0.342 e. The molecule has 310 valence electrons. The number of amidine groups is 1. The molecule has 14 heteroatoms. The maximum absolute atomic E-state index is 14.2. The second kappa shape index (κ2) is 16.5. The zero-order valence-corrected chi connectivity index (χ0v) is 34.2. The van der Waals surface area contributed by atoms with Gasteiger partial charge in [-0.1, -0.05) is 26.0 Å². The number of allylic oxidation sites excluding steroid dienone is 1. The highest BCUT2D eigenvalue weighted by Gasteiger charge is 2.71. The van der Waals surface area contributed by atoms with Crippen molar-refractivity contribution in [3.63, 3.8) is 0 Å². The van der Waals surface area contributed by atoms with Crippen molar-refractivity contribution in [3.05, 3.63) is 47.2 Å². The Kier molecular flexibility index (Phi) is 11.9. The monoisotopic (exact) mass is 789 g/mol. The summed E-state index contributed by atoms with van der Waals surface area (Å²) in [5, 5.41) is 26.0. The average molecular weight is 790 g/mol. The molecule has 3 N–H and O–H groups in total. The molecule has 2 saturated heterocycles. The minimum atomic E-state index is -0.765. The van der Waals surface area contributed by atoms with E-state index in [0.717, 1.165) is 25.2 Å². The summed E-state index contributed by atoms with van der Waals surface area (Å²) in [6, 6.07) is 5.95. The van der Waals surface area contributed by atoms with Crippen LogP contribution in [0.3, 0.4) is 0 Å². The minimum Gasteiger partial charge on any atom is -0.462 e. The van der Waals surface area contributed by atoms with Crippen molar-refractivity contribution >= 4 is 41.0 Å². The van der Waals surface area contributed by atoms with E-state index in [1.54, 1.807) is 38.3 Å². The number of fused-ring (bicyclic) bond motifs is 1. The van der Waals surface area contributed by atoms with Crippen molar-refractivity contribution in [2.45, 2.75) is 89.6 Å². The van der Waals surface area contributed by atoms with Crippen LogP contribution in [0, 0.1) is 22.7 Å². The maximum Gasteiger partial charge on any atom is 0.342 e. The number of carbonyl (C=O) groups is 3. The van der Waals surface area contributed by atoms with Gasteiger partial charge in [-0.3, -0.25) is 14.7 Å². The van der Waals surface area contributed by atoms with Crippen molar-refractivity contribution in [1.29, 1.82) is 0 Å². The van der Waals surface area contributed by atoms with Crippen LogP contribution in [0.4, 0.5) is 5.69 Å². The van der Waals surface area contributed by atoms with Crippen molar-refractivity contribution in [1.82, 2.24) is 10.2 Å². The number of ketones is 1. The van der Waals surface area contributed by atoms with E-state index in [-0.39, 0.29) is 60.2 Å². The van der Waals surface area contributed by atoms with Gasteiger partial charge in [0.15, 0.2) is 5.78 Å². The molecule has 7 rings (SSSR count). The van der Waals surface area contributed by atoms with Crippen molar-refractivity contribution < 1.29 is 43.5 Å². The lowest BCUT2D eigenvalue weighted by molar-refractivity contribution is -0.197. The number of morpholine rings is 1. The zero-order chi connectivity index (χ0) is 40.7. The molecule has 2 saturated carbocycles. The van der Waals surface area contributed by atoms with Crippen LogP contribution in [-0.2, 0) is 33.3 Å². The molecule has 4 heterocycles. The van der Waals surface area contributed by atoms with Crippen molar-refractivity contribution in [2.75, 3.05) is 71.7 Å². The fraction of sp³-hybridized carbons (Fsp3) is 0.651. The lowest BCUT2D eigenvalue weighted by Gasteiger charge is -2.64. The molecule has 6 unspecified atom stereocenters. The summed E-state index contributed by atoms with van der Waals surface area (Å²) < 4.78 is 23.9. The highest BCUT2D eigenvalue weighted by atomic mass is 16.6. The number of hydrogen-bond donors (Lipinski definition) is 3. The number of ether oxygens (including phenoxy) is 4. The molecule has 1 aromatic carbocycles. The quantitative estimate of drug-likeness (QED) is 0.143. The lowest BCUT2D eigenvalue weighted by Crippen LogP contribution is -2.68. The van der Waals surface area contributed by atoms with Gasteiger partial charge in [0.1, 0.15) is 22.8 Å². The number of aliphatic hydroxyl groups excluding tert-OH is 2. The molecule has 2 aliphatic carbocycles. The average Bonchev–Trinajstić information content (AvgIpc) is 3.61. The number of anilines is 1. The van der Waals surface area contributed by atoms with Crippen molar-refractivity contribution in [3.8, 4) is 0 Å². The van der Waals surface area contributed by atoms with Crippen LogP contribution in [-0.4, -0.2) is 141 Å². The number of esters is 2. The van der Waals surface area contributed by atoms with Crippen LogP contribution in [0.1, 0.15) is 65.4 Å². The Balaban J connectivity index is 1.32. The number of aliphatic hydroxyl groups is 2. The Hall–Kier alpha value is -3.79. The number of hydrogen-bond acceptors (Lipinski definition) is 14. The van der Waals surface area contributed by atoms with Crippen LogP contribution < -0.4 is 10.2 Å². The highest BCUT2D eigenvalue weighted by Crippen LogP contribution is 2.67. The first-order valence-electron chi connectivity index (χ1n) is 20.5. The third-order valence-corrected chi connectivity index (χ3v) is 13.9. The minimum absolute atomic E-state index is 0.0147. The van der Waals surface area contributed by atoms with Gasteiger partial charge in [-0.15, -0.1) is 0 Å². The van der Waals surface area contributed by atoms with Crippen LogP contribution in [0.25, 0.3) is 5.57 Å². The lowest BCUT2D eigenvalue weighted by atomic mass is 9.43. The SMILES string of the molecule is CCOC(=O)/C(=C1/C=C(C(CC2C3(CO3)C(N3CCOCC3)CC3[C@]2(C)CC[C@@H](O)[C@@]3(C)CO)NC(C)C(=O)CC2=NCC=N2)C(=O)O1)c1ccc(N(C)C)cc1. The van der Waals surface area contributed by atoms with E-state index in [9.17, 15) is 24.6 Å². The van der Waals surface area contributed by atoms with Gasteiger partial charge < -0.3 is 39.4 Å². The van der Waals surface area contributed by atoms with Crippen LogP contribution in [0.2, 0.25) is 0 Å². The number of carbonyl (C=O) groups excluding carboxylic acids is 3. The van der Waals surface area contributed by atoms with Gasteiger partial charge in [-0.2, -0.15) is 0 Å². The van der Waals surface area contributed by atoms with Crippen molar-refractivity contribution in [2.24, 2.45) is 32.7 Å². The van der Waals surface area contributed by atoms with Gasteiger partial charge in [-0.25, -0.2) is 14.6 Å². The predicted octanol–water partition coefficient (Wildman–Crippen LogP) is 2.95. The molecule has 0 amide bonds. The van der Waals surface area contributed by atoms with E-state index < -0.39 is 46.6 Å². The first-order chi connectivity index (χ1) is 27.3. The zero-order valence-electron chi connectivity index (χ0n) is 34.2. The summed E-state index contributed by atoms with van der Waals surface area (Å²) in [7, 11) is 3.85. The first-order valence-corrected chi connectivity index (χ1v) is 20.5. The topological polar surface area (TPSA) is 175 Å². The molecule has 4 aliphatic heterocycles. The third kappa shape index (κ3) is 7.76. The number of rotatable bonds is 14. The molecule has 9 atom stereocenters. The molecular formula is C43H59N5O9. The van der Waals surface area contributed by atoms with E-state index in [4.69, 9.17) is 18.9 Å². The predicted molar refractivity (Wildman–Crippen MR) is 215 cm³/mol. The second-order valence-electron chi connectivity index (χ2n) is 17.3. The van der Waals surface area contributed by atoms with Gasteiger partial charge >= 0.3 is 11.9 Å². The number of nitrogens with zero attached hydrogens (tertiary/aromatic N) is 4. The number of epoxide rings is 1. The van der Waals surface area contributed by atoms with Crippen LogP contribution >= 0.6 is 0 Å². The van der Waals surface area contributed by atoms with E-state index in [1.807, 2.05) is 38.1 Å². The van der Waals surface area contributed by atoms with Gasteiger partial charge in [0, 0.05) is 56.6 Å². The van der Waals surface area contributed by atoms with E-state index >= 15 is 0 Å². The van der Waals surface area contributed by atoms with E-state index in [0.29, 0.717) is 57.0 Å². The summed E-state index contributed by atoms with van der Waals surface area (Å²) in [5.41, 5.74) is 0.148. The summed E-state index contributed by atoms with van der Waals surface area (Å²) in [6.45, 7) is 11.4. The molecular weight excluding hydrogens is 730 g/mol. The fourth-order valence-corrected chi connectivity index (χ4v) is 10.5. The highest BCUT2D eigenvalue weighted by molar-refractivity contribution is 6.19. The first kappa shape index (κ1) is 41.4. The number of Topliss-reactive ketones (excluding diaryl/α,β-unsaturated/α-hetero) is 1. The third-order valence-electron chi connectivity index (χ3n) is 13.9. The summed E-state index contributed by atoms with van der Waals surface area (Å²) in [6.07, 6.45) is 5.01. The van der Waals surface area contributed by atoms with Gasteiger partial charge in [0.05, 0.1) is 63.7 Å². The van der Waals surface area contributed by atoms with E-state index in [2.05, 4.69) is 27.1 Å². The Bertz CT molecular complexity index is 1830. The maximum atomic E-state index is 14.2. The number of cyclic esters (lactones) is 1. The van der Waals surface area contributed by atoms with Gasteiger partial charge in [0.25, 0.3) is 0 Å². The molecule has 0 aromatic heterocycles. The number of aliphatic imine (C=N–C) groups is 2. The Morgan fingerprint density at radius 3 is 2.49 bits per heavy atom. The summed E-state index contributed by atoms with van der Waals surface area (Å²) >= 11 is 0. The number of nitrogens with one attached hydrogen (secondary N) is 1. The molecule has 4 fully saturated rings. The molecule has 0 radical (unpaired) electrons. The Morgan fingerprint density at radius 1 is 1.16 bits per heavy atom. The normalized spacial score (nSPS) is 34.2. The van der Waals surface area contributed by atoms with Gasteiger partial charge in [0.2, 0.25) is 0 Å². The fourth-order valence-electron chi connectivity index (χ4n) is 10.5. The molecule has 1 aromatic rings. The van der Waals surface area contributed by atoms with Crippen LogP contribution in [0.5, 0.6) is 0 Å². The Morgan fingerprint density at radius 2 is 1.88 bits per heavy atom. The molecule has 1 spiro atoms.